The molecular formula is C31H24Br2F4N2O3. The number of hydrogen-bond acceptors (Lipinski definition) is 5. The van der Waals surface area contributed by atoms with Gasteiger partial charge in [-0.3, -0.25) is 0 Å². The molecule has 0 radical (unpaired) electrons. The fraction of sp³-hybridized carbons (Fsp3) is 0.129. The van der Waals surface area contributed by atoms with Crippen molar-refractivity contribution < 1.29 is 31.8 Å². The maximum atomic E-state index is 12.3. The minimum atomic E-state index is -2.86. The van der Waals surface area contributed by atoms with Gasteiger partial charge in [-0.25, -0.2) is 4.99 Å². The number of rotatable bonds is 8. The van der Waals surface area contributed by atoms with Gasteiger partial charge in [-0.05, 0) is 76.4 Å². The summed E-state index contributed by atoms with van der Waals surface area (Å²) in [4.78, 5) is 4.45. The quantitative estimate of drug-likeness (QED) is 0.186. The van der Waals surface area contributed by atoms with Gasteiger partial charge in [0.05, 0.1) is 0 Å². The highest BCUT2D eigenvalue weighted by molar-refractivity contribution is 9.10. The second-order valence-electron chi connectivity index (χ2n) is 8.90. The Labute approximate surface area is 256 Å². The zero-order valence-corrected chi connectivity index (χ0v) is 25.0. The highest BCUT2D eigenvalue weighted by Gasteiger charge is 2.40. The summed E-state index contributed by atoms with van der Waals surface area (Å²) in [6, 6.07) is 28.2. The van der Waals surface area contributed by atoms with E-state index in [1.165, 1.54) is 24.3 Å². The lowest BCUT2D eigenvalue weighted by molar-refractivity contribution is -0.0505. The second kappa shape index (κ2) is 13.9. The van der Waals surface area contributed by atoms with Crippen molar-refractivity contribution in [2.24, 2.45) is 10.7 Å². The SMILES string of the molecule is C=C(c1ccc(OC(F)F)cc1)c1cccc(Br)c1.NC1=NC(c2ccc(OC(F)F)cc2)(c2cccc(Br)c2)CO1. The highest BCUT2D eigenvalue weighted by Crippen LogP contribution is 2.39. The smallest absolute Gasteiger partial charge is 0.387 e. The zero-order valence-electron chi connectivity index (χ0n) is 21.8. The van der Waals surface area contributed by atoms with Crippen LogP contribution >= 0.6 is 31.9 Å². The van der Waals surface area contributed by atoms with Crippen molar-refractivity contribution in [1.29, 1.82) is 0 Å². The van der Waals surface area contributed by atoms with Gasteiger partial charge < -0.3 is 19.9 Å². The summed E-state index contributed by atoms with van der Waals surface area (Å²) in [5, 5.41) is 0. The molecule has 0 spiro atoms. The van der Waals surface area contributed by atoms with Crippen LogP contribution in [0, 0.1) is 0 Å². The summed E-state index contributed by atoms with van der Waals surface area (Å²) in [5.74, 6) is 0.227. The van der Waals surface area contributed by atoms with E-state index in [1.54, 1.807) is 24.3 Å². The van der Waals surface area contributed by atoms with Crippen LogP contribution in [0.15, 0.2) is 118 Å². The standard InChI is InChI=1S/C16H13BrF2N2O2.C15H11BrF2O/c17-12-3-1-2-11(8-12)16(9-22-15(20)21-16)10-4-6-13(7-5-10)23-14(18)19;1-10(12-3-2-4-13(16)9-12)11-5-7-14(8-6-11)19-15(17)18/h1-8,14H,9H2,(H2,20,21);2-9,15H,1H2. The molecule has 1 atom stereocenters. The third-order valence-electron chi connectivity index (χ3n) is 6.19. The lowest BCUT2D eigenvalue weighted by atomic mass is 9.84. The molecule has 0 amide bonds. The van der Waals surface area contributed by atoms with E-state index < -0.39 is 18.8 Å². The predicted molar refractivity (Wildman–Crippen MR) is 161 cm³/mol. The van der Waals surface area contributed by atoms with Crippen molar-refractivity contribution in [3.63, 3.8) is 0 Å². The number of aliphatic imine (C=N–C) groups is 1. The normalized spacial score (nSPS) is 15.9. The fourth-order valence-corrected chi connectivity index (χ4v) is 5.03. The summed E-state index contributed by atoms with van der Waals surface area (Å²) in [6.07, 6.45) is 0. The van der Waals surface area contributed by atoms with Crippen LogP contribution in [0.25, 0.3) is 5.57 Å². The van der Waals surface area contributed by atoms with Gasteiger partial charge in [0.1, 0.15) is 18.1 Å². The first-order chi connectivity index (χ1) is 20.1. The summed E-state index contributed by atoms with van der Waals surface area (Å²) in [6.45, 7) is -1.41. The molecule has 11 heteroatoms. The molecule has 2 N–H and O–H groups in total. The number of nitrogens with two attached hydrogens (primary N) is 1. The van der Waals surface area contributed by atoms with E-state index in [-0.39, 0.29) is 24.1 Å². The molecule has 0 saturated carbocycles. The Hall–Kier alpha value is -3.83. The third kappa shape index (κ3) is 7.92. The summed E-state index contributed by atoms with van der Waals surface area (Å²) < 4.78 is 64.5. The average Bonchev–Trinajstić information content (AvgIpc) is 3.36. The Morgan fingerprint density at radius 3 is 1.81 bits per heavy atom. The molecule has 5 rings (SSSR count). The monoisotopic (exact) mass is 706 g/mol. The van der Waals surface area contributed by atoms with Crippen LogP contribution in [0.3, 0.4) is 0 Å². The van der Waals surface area contributed by atoms with Gasteiger partial charge in [-0.1, -0.05) is 87.0 Å². The molecule has 4 aromatic rings. The largest absolute Gasteiger partial charge is 0.462 e. The highest BCUT2D eigenvalue weighted by atomic mass is 79.9. The van der Waals surface area contributed by atoms with Gasteiger partial charge in [-0.2, -0.15) is 17.6 Å². The van der Waals surface area contributed by atoms with Crippen LogP contribution in [0.4, 0.5) is 17.6 Å². The van der Waals surface area contributed by atoms with E-state index in [9.17, 15) is 17.6 Å². The molecule has 5 nitrogen and oxygen atoms in total. The van der Waals surface area contributed by atoms with Gasteiger partial charge in [0.2, 0.25) is 0 Å². The number of benzene rings is 4. The third-order valence-corrected chi connectivity index (χ3v) is 7.18. The second-order valence-corrected chi connectivity index (χ2v) is 10.7. The number of ether oxygens (including phenoxy) is 3. The van der Waals surface area contributed by atoms with Gasteiger partial charge in [0.25, 0.3) is 6.02 Å². The van der Waals surface area contributed by atoms with E-state index in [0.29, 0.717) is 0 Å². The lowest BCUT2D eigenvalue weighted by Crippen LogP contribution is -2.27. The summed E-state index contributed by atoms with van der Waals surface area (Å²) in [7, 11) is 0. The molecule has 218 valence electrons. The Balaban J connectivity index is 0.000000197. The maximum absolute atomic E-state index is 12.3. The number of amidine groups is 1. The van der Waals surface area contributed by atoms with Crippen LogP contribution in [-0.4, -0.2) is 25.9 Å². The van der Waals surface area contributed by atoms with E-state index in [1.807, 2.05) is 48.5 Å². The van der Waals surface area contributed by atoms with Crippen LogP contribution in [0.2, 0.25) is 0 Å². The fourth-order valence-electron chi connectivity index (χ4n) is 4.23. The first-order valence-corrected chi connectivity index (χ1v) is 13.9. The zero-order chi connectivity index (χ0) is 30.3. The number of halogens is 6. The molecule has 0 bridgehead atoms. The molecular weight excluding hydrogens is 684 g/mol. The Kier molecular flexibility index (Phi) is 10.3. The van der Waals surface area contributed by atoms with Crippen molar-refractivity contribution in [2.75, 3.05) is 6.61 Å². The van der Waals surface area contributed by atoms with Crippen molar-refractivity contribution >= 4 is 43.5 Å². The first kappa shape index (κ1) is 31.1. The molecule has 0 saturated heterocycles. The molecule has 1 unspecified atom stereocenters. The van der Waals surface area contributed by atoms with E-state index >= 15 is 0 Å². The lowest BCUT2D eigenvalue weighted by Gasteiger charge is -2.25. The number of hydrogen-bond donors (Lipinski definition) is 1. The van der Waals surface area contributed by atoms with Gasteiger partial charge in [0.15, 0.2) is 5.54 Å². The molecule has 1 aliphatic heterocycles. The minimum absolute atomic E-state index is 0.0870. The summed E-state index contributed by atoms with van der Waals surface area (Å²) >= 11 is 6.83. The maximum Gasteiger partial charge on any atom is 0.387 e. The molecule has 4 aromatic carbocycles. The van der Waals surface area contributed by atoms with Gasteiger partial charge in [0, 0.05) is 8.95 Å². The minimum Gasteiger partial charge on any atom is -0.462 e. The number of nitrogens with zero attached hydrogens (tertiary/aromatic N) is 1. The van der Waals surface area contributed by atoms with Crippen molar-refractivity contribution in [2.45, 2.75) is 18.8 Å². The van der Waals surface area contributed by atoms with Crippen molar-refractivity contribution in [3.8, 4) is 11.5 Å². The van der Waals surface area contributed by atoms with Crippen LogP contribution < -0.4 is 15.2 Å². The Morgan fingerprint density at radius 2 is 1.31 bits per heavy atom. The predicted octanol–water partition coefficient (Wildman–Crippen LogP) is 8.75. The molecule has 0 aromatic heterocycles. The van der Waals surface area contributed by atoms with Crippen molar-refractivity contribution in [3.05, 3.63) is 135 Å². The molecule has 42 heavy (non-hydrogen) atoms. The molecule has 1 aliphatic rings. The molecule has 1 heterocycles. The molecule has 0 aliphatic carbocycles. The average molecular weight is 708 g/mol. The van der Waals surface area contributed by atoms with Gasteiger partial charge >= 0.3 is 13.2 Å². The van der Waals surface area contributed by atoms with E-state index in [4.69, 9.17) is 10.5 Å². The Bertz CT molecular complexity index is 1550. The molecule has 0 fully saturated rings. The Morgan fingerprint density at radius 1 is 0.762 bits per heavy atom. The number of alkyl halides is 4. The van der Waals surface area contributed by atoms with E-state index in [2.05, 4.69) is 52.9 Å². The van der Waals surface area contributed by atoms with Gasteiger partial charge in [-0.15, -0.1) is 0 Å². The summed E-state index contributed by atoms with van der Waals surface area (Å²) in [5.41, 5.74) is 9.22. The van der Waals surface area contributed by atoms with Crippen LogP contribution in [0.5, 0.6) is 11.5 Å². The first-order valence-electron chi connectivity index (χ1n) is 12.4. The van der Waals surface area contributed by atoms with Crippen LogP contribution in [0.1, 0.15) is 22.3 Å². The topological polar surface area (TPSA) is 66.1 Å². The van der Waals surface area contributed by atoms with E-state index in [0.717, 1.165) is 36.8 Å². The van der Waals surface area contributed by atoms with Crippen LogP contribution in [-0.2, 0) is 10.3 Å². The van der Waals surface area contributed by atoms with Crippen molar-refractivity contribution in [1.82, 2.24) is 0 Å².